The SMILES string of the molecule is CC(C)(C)CC(O)C(C)(C)C(C)(C)CC(NC=O)C(C)(C)C. The van der Waals surface area contributed by atoms with E-state index in [9.17, 15) is 9.90 Å². The van der Waals surface area contributed by atoms with Gasteiger partial charge in [-0.3, -0.25) is 4.79 Å². The summed E-state index contributed by atoms with van der Waals surface area (Å²) in [5, 5.41) is 13.8. The van der Waals surface area contributed by atoms with E-state index in [1.807, 2.05) is 0 Å². The van der Waals surface area contributed by atoms with Crippen LogP contribution in [0.2, 0.25) is 0 Å². The van der Waals surface area contributed by atoms with Crippen molar-refractivity contribution < 1.29 is 9.90 Å². The van der Waals surface area contributed by atoms with Gasteiger partial charge in [-0.1, -0.05) is 69.2 Å². The Hall–Kier alpha value is -0.570. The van der Waals surface area contributed by atoms with Crippen LogP contribution in [0.3, 0.4) is 0 Å². The van der Waals surface area contributed by atoms with Gasteiger partial charge in [0.05, 0.1) is 6.10 Å². The molecule has 2 N–H and O–H groups in total. The molecule has 0 saturated carbocycles. The number of amides is 1. The normalized spacial score (nSPS) is 17.0. The number of rotatable bonds is 7. The van der Waals surface area contributed by atoms with Gasteiger partial charge in [0.1, 0.15) is 0 Å². The lowest BCUT2D eigenvalue weighted by molar-refractivity contribution is -0.112. The van der Waals surface area contributed by atoms with Gasteiger partial charge in [-0.25, -0.2) is 0 Å². The molecule has 0 fully saturated rings. The fourth-order valence-corrected chi connectivity index (χ4v) is 2.76. The van der Waals surface area contributed by atoms with Gasteiger partial charge in [0.2, 0.25) is 6.41 Å². The van der Waals surface area contributed by atoms with Crippen LogP contribution in [0.15, 0.2) is 0 Å². The smallest absolute Gasteiger partial charge is 0.207 e. The average molecular weight is 314 g/mol. The molecule has 0 rings (SSSR count). The number of hydrogen-bond acceptors (Lipinski definition) is 2. The van der Waals surface area contributed by atoms with E-state index in [-0.39, 0.29) is 33.8 Å². The molecule has 0 aromatic heterocycles. The fourth-order valence-electron chi connectivity index (χ4n) is 2.76. The number of aliphatic hydroxyl groups is 1. The first kappa shape index (κ1) is 21.4. The molecule has 0 aliphatic rings. The molecule has 3 heteroatoms. The predicted octanol–water partition coefficient (Wildman–Crippen LogP) is 4.39. The van der Waals surface area contributed by atoms with Gasteiger partial charge in [-0.05, 0) is 34.5 Å². The average Bonchev–Trinajstić information content (AvgIpc) is 2.24. The molecule has 0 aliphatic carbocycles. The monoisotopic (exact) mass is 313 g/mol. The molecule has 0 aromatic rings. The lowest BCUT2D eigenvalue weighted by Gasteiger charge is -2.49. The summed E-state index contributed by atoms with van der Waals surface area (Å²) >= 11 is 0. The van der Waals surface area contributed by atoms with Crippen LogP contribution in [0.4, 0.5) is 0 Å². The van der Waals surface area contributed by atoms with Crippen molar-refractivity contribution in [2.75, 3.05) is 0 Å². The maximum atomic E-state index is 11.0. The van der Waals surface area contributed by atoms with Crippen molar-refractivity contribution in [1.82, 2.24) is 5.32 Å². The van der Waals surface area contributed by atoms with Crippen LogP contribution in [0.5, 0.6) is 0 Å². The molecule has 2 atom stereocenters. The number of nitrogens with one attached hydrogen (secondary N) is 1. The minimum absolute atomic E-state index is 0.0107. The number of carbonyl (C=O) groups is 1. The third kappa shape index (κ3) is 5.91. The molecule has 3 nitrogen and oxygen atoms in total. The van der Waals surface area contributed by atoms with Gasteiger partial charge in [0, 0.05) is 6.04 Å². The zero-order valence-electron chi connectivity index (χ0n) is 16.5. The number of aliphatic hydroxyl groups excluding tert-OH is 1. The Labute approximate surface area is 138 Å². The Kier molecular flexibility index (Phi) is 6.72. The molecule has 2 unspecified atom stereocenters. The third-order valence-electron chi connectivity index (χ3n) is 5.41. The standard InChI is InChI=1S/C19H39NO2/c1-16(2,3)12-15(22)19(9,10)18(7,8)11-14(20-13-21)17(4,5)6/h13-15,22H,11-12H2,1-10H3,(H,20,21). The van der Waals surface area contributed by atoms with E-state index in [1.54, 1.807) is 0 Å². The number of hydrogen-bond donors (Lipinski definition) is 2. The molecule has 0 aliphatic heterocycles. The minimum atomic E-state index is -0.376. The molecule has 0 heterocycles. The van der Waals surface area contributed by atoms with Crippen LogP contribution in [-0.2, 0) is 4.79 Å². The molecular formula is C19H39NO2. The molecule has 22 heavy (non-hydrogen) atoms. The maximum absolute atomic E-state index is 11.0. The van der Waals surface area contributed by atoms with Crippen LogP contribution < -0.4 is 5.32 Å². The quantitative estimate of drug-likeness (QED) is 0.685. The molecule has 0 aromatic carbocycles. The summed E-state index contributed by atoms with van der Waals surface area (Å²) in [4.78, 5) is 11.0. The van der Waals surface area contributed by atoms with E-state index in [2.05, 4.69) is 74.6 Å². The highest BCUT2D eigenvalue weighted by molar-refractivity contribution is 5.47. The summed E-state index contributed by atoms with van der Waals surface area (Å²) in [6.45, 7) is 21.6. The molecular weight excluding hydrogens is 274 g/mol. The Balaban J connectivity index is 5.28. The second-order valence-electron chi connectivity index (χ2n) is 10.3. The highest BCUT2D eigenvalue weighted by Crippen LogP contribution is 2.48. The number of carbonyl (C=O) groups excluding carboxylic acids is 1. The molecule has 0 radical (unpaired) electrons. The van der Waals surface area contributed by atoms with Gasteiger partial charge < -0.3 is 10.4 Å². The molecule has 132 valence electrons. The Morgan fingerprint density at radius 2 is 1.36 bits per heavy atom. The van der Waals surface area contributed by atoms with Crippen molar-refractivity contribution >= 4 is 6.41 Å². The van der Waals surface area contributed by atoms with Gasteiger partial charge in [0.15, 0.2) is 0 Å². The van der Waals surface area contributed by atoms with Crippen molar-refractivity contribution in [1.29, 1.82) is 0 Å². The largest absolute Gasteiger partial charge is 0.393 e. The Morgan fingerprint density at radius 1 is 0.909 bits per heavy atom. The second-order valence-corrected chi connectivity index (χ2v) is 10.3. The fraction of sp³-hybridized carbons (Fsp3) is 0.947. The van der Waals surface area contributed by atoms with Crippen LogP contribution >= 0.6 is 0 Å². The van der Waals surface area contributed by atoms with E-state index in [0.29, 0.717) is 0 Å². The van der Waals surface area contributed by atoms with Crippen molar-refractivity contribution in [3.63, 3.8) is 0 Å². The lowest BCUT2D eigenvalue weighted by Crippen LogP contribution is -2.50. The highest BCUT2D eigenvalue weighted by Gasteiger charge is 2.45. The van der Waals surface area contributed by atoms with Crippen molar-refractivity contribution in [3.8, 4) is 0 Å². The summed E-state index contributed by atoms with van der Waals surface area (Å²) in [7, 11) is 0. The first-order chi connectivity index (χ1) is 9.54. The van der Waals surface area contributed by atoms with Crippen molar-refractivity contribution in [3.05, 3.63) is 0 Å². The van der Waals surface area contributed by atoms with Crippen LogP contribution in [0.1, 0.15) is 82.1 Å². The van der Waals surface area contributed by atoms with E-state index in [0.717, 1.165) is 19.3 Å². The molecule has 0 spiro atoms. The summed E-state index contributed by atoms with van der Waals surface area (Å²) in [5.74, 6) is 0. The first-order valence-corrected chi connectivity index (χ1v) is 8.42. The van der Waals surface area contributed by atoms with Crippen molar-refractivity contribution in [2.45, 2.75) is 94.2 Å². The molecule has 1 amide bonds. The van der Waals surface area contributed by atoms with Crippen molar-refractivity contribution in [2.24, 2.45) is 21.7 Å². The Bertz CT molecular complexity index is 359. The lowest BCUT2D eigenvalue weighted by atomic mass is 9.59. The van der Waals surface area contributed by atoms with Crippen LogP contribution in [0, 0.1) is 21.7 Å². The van der Waals surface area contributed by atoms with Crippen LogP contribution in [0.25, 0.3) is 0 Å². The Morgan fingerprint density at radius 3 is 1.68 bits per heavy atom. The van der Waals surface area contributed by atoms with Gasteiger partial charge in [-0.15, -0.1) is 0 Å². The first-order valence-electron chi connectivity index (χ1n) is 8.42. The van der Waals surface area contributed by atoms with Gasteiger partial charge in [-0.2, -0.15) is 0 Å². The van der Waals surface area contributed by atoms with Crippen LogP contribution in [-0.4, -0.2) is 23.7 Å². The molecule has 0 bridgehead atoms. The summed E-state index contributed by atoms with van der Waals surface area (Å²) < 4.78 is 0. The van der Waals surface area contributed by atoms with Gasteiger partial charge >= 0.3 is 0 Å². The van der Waals surface area contributed by atoms with Gasteiger partial charge in [0.25, 0.3) is 0 Å². The zero-order valence-corrected chi connectivity index (χ0v) is 16.5. The van der Waals surface area contributed by atoms with E-state index >= 15 is 0 Å². The third-order valence-corrected chi connectivity index (χ3v) is 5.41. The highest BCUT2D eigenvalue weighted by atomic mass is 16.3. The summed E-state index contributed by atoms with van der Waals surface area (Å²) in [6.07, 6.45) is 2.03. The minimum Gasteiger partial charge on any atom is -0.393 e. The maximum Gasteiger partial charge on any atom is 0.207 e. The van der Waals surface area contributed by atoms with E-state index < -0.39 is 0 Å². The zero-order chi connectivity index (χ0) is 18.0. The van der Waals surface area contributed by atoms with E-state index in [1.165, 1.54) is 0 Å². The summed E-state index contributed by atoms with van der Waals surface area (Å²) in [5.41, 5.74) is -0.263. The topological polar surface area (TPSA) is 49.3 Å². The summed E-state index contributed by atoms with van der Waals surface area (Å²) in [6, 6.07) is 0.0844. The predicted molar refractivity (Wildman–Crippen MR) is 94.7 cm³/mol. The molecule has 0 saturated heterocycles. The van der Waals surface area contributed by atoms with E-state index in [4.69, 9.17) is 0 Å². The second kappa shape index (κ2) is 6.90.